The van der Waals surface area contributed by atoms with E-state index < -0.39 is 0 Å². The van der Waals surface area contributed by atoms with Crippen LogP contribution in [-0.2, 0) is 0 Å². The summed E-state index contributed by atoms with van der Waals surface area (Å²) < 4.78 is 0. The third-order valence-electron chi connectivity index (χ3n) is 3.20. The van der Waals surface area contributed by atoms with Gasteiger partial charge in [-0.1, -0.05) is 37.0 Å². The molecule has 3 heteroatoms. The third-order valence-corrected chi connectivity index (χ3v) is 4.32. The molecule has 2 unspecified atom stereocenters. The van der Waals surface area contributed by atoms with Crippen LogP contribution in [0.2, 0.25) is 10.0 Å². The third kappa shape index (κ3) is 2.27. The summed E-state index contributed by atoms with van der Waals surface area (Å²) in [5, 5.41) is 1.38. The van der Waals surface area contributed by atoms with Crippen LogP contribution in [0.3, 0.4) is 0 Å². The topological polar surface area (TPSA) is 0 Å². The Bertz CT molecular complexity index is 384. The molecular weight excluding hydrogens is 250 g/mol. The van der Waals surface area contributed by atoms with Crippen LogP contribution in [0, 0.1) is 11.3 Å². The van der Waals surface area contributed by atoms with Gasteiger partial charge in [0.1, 0.15) is 0 Å². The van der Waals surface area contributed by atoms with Gasteiger partial charge in [0.2, 0.25) is 0 Å². The molecule has 0 N–H and O–H groups in total. The van der Waals surface area contributed by atoms with E-state index in [0.717, 1.165) is 12.0 Å². The van der Waals surface area contributed by atoms with Crippen LogP contribution in [-0.4, -0.2) is 0 Å². The molecule has 0 saturated heterocycles. The van der Waals surface area contributed by atoms with E-state index in [1.165, 1.54) is 0 Å². The second-order valence-corrected chi connectivity index (χ2v) is 6.18. The van der Waals surface area contributed by atoms with Gasteiger partial charge in [-0.05, 0) is 41.5 Å². The quantitative estimate of drug-likeness (QED) is 0.634. The Morgan fingerprint density at radius 3 is 2.47 bits per heavy atom. The summed E-state index contributed by atoms with van der Waals surface area (Å²) in [7, 11) is 0. The first-order chi connectivity index (χ1) is 6.92. The minimum atomic E-state index is -0.0220. The first-order valence-corrected chi connectivity index (χ1v) is 6.20. The predicted molar refractivity (Wildman–Crippen MR) is 66.9 cm³/mol. The predicted octanol–water partition coefficient (Wildman–Crippen LogP) is 5.32. The Morgan fingerprint density at radius 2 is 1.93 bits per heavy atom. The highest BCUT2D eigenvalue weighted by molar-refractivity contribution is 6.34. The summed E-state index contributed by atoms with van der Waals surface area (Å²) >= 11 is 18.5. The van der Waals surface area contributed by atoms with Gasteiger partial charge in [-0.2, -0.15) is 0 Å². The van der Waals surface area contributed by atoms with Crippen LogP contribution in [0.1, 0.15) is 31.2 Å². The largest absolute Gasteiger partial charge is 0.117 e. The van der Waals surface area contributed by atoms with Crippen LogP contribution >= 0.6 is 34.8 Å². The molecule has 0 radical (unpaired) electrons. The lowest BCUT2D eigenvalue weighted by atomic mass is 10.0. The van der Waals surface area contributed by atoms with E-state index in [1.807, 2.05) is 12.1 Å². The van der Waals surface area contributed by atoms with Crippen LogP contribution in [0.5, 0.6) is 0 Å². The summed E-state index contributed by atoms with van der Waals surface area (Å²) in [6.07, 6.45) is 1.16. The van der Waals surface area contributed by atoms with E-state index in [0.29, 0.717) is 21.4 Å². The average molecular weight is 264 g/mol. The summed E-state index contributed by atoms with van der Waals surface area (Å²) in [6, 6.07) is 5.47. The van der Waals surface area contributed by atoms with Gasteiger partial charge in [0.05, 0.1) is 5.38 Å². The minimum absolute atomic E-state index is 0.0220. The van der Waals surface area contributed by atoms with Crippen molar-refractivity contribution in [2.45, 2.75) is 25.6 Å². The molecule has 2 atom stereocenters. The molecule has 15 heavy (non-hydrogen) atoms. The van der Waals surface area contributed by atoms with Gasteiger partial charge in [-0.3, -0.25) is 0 Å². The Hall–Kier alpha value is 0.0900. The van der Waals surface area contributed by atoms with E-state index in [4.69, 9.17) is 34.8 Å². The zero-order valence-corrected chi connectivity index (χ0v) is 11.0. The zero-order chi connectivity index (χ0) is 11.2. The molecule has 0 heterocycles. The number of halogens is 3. The maximum absolute atomic E-state index is 6.42. The maximum Gasteiger partial charge on any atom is 0.0633 e. The molecule has 0 aliphatic heterocycles. The summed E-state index contributed by atoms with van der Waals surface area (Å²) in [5.74, 6) is 0.509. The van der Waals surface area contributed by atoms with Gasteiger partial charge in [-0.15, -0.1) is 11.6 Å². The molecule has 0 amide bonds. The summed E-state index contributed by atoms with van der Waals surface area (Å²) in [4.78, 5) is 0. The highest BCUT2D eigenvalue weighted by Crippen LogP contribution is 2.60. The number of hydrogen-bond acceptors (Lipinski definition) is 0. The highest BCUT2D eigenvalue weighted by atomic mass is 35.5. The van der Waals surface area contributed by atoms with E-state index in [2.05, 4.69) is 13.8 Å². The SMILES string of the molecule is CC1(C)CC1C(Cl)c1cc(Cl)ccc1Cl. The van der Waals surface area contributed by atoms with Crippen molar-refractivity contribution in [2.24, 2.45) is 11.3 Å². The number of hydrogen-bond donors (Lipinski definition) is 0. The molecular formula is C12H13Cl3. The number of benzene rings is 1. The molecule has 0 aromatic heterocycles. The maximum atomic E-state index is 6.42. The second-order valence-electron chi connectivity index (χ2n) is 4.87. The molecule has 0 nitrogen and oxygen atoms in total. The highest BCUT2D eigenvalue weighted by Gasteiger charge is 2.50. The fourth-order valence-corrected chi connectivity index (χ4v) is 3.03. The van der Waals surface area contributed by atoms with Gasteiger partial charge >= 0.3 is 0 Å². The van der Waals surface area contributed by atoms with Crippen molar-refractivity contribution in [3.05, 3.63) is 33.8 Å². The Balaban J connectivity index is 2.26. The fourth-order valence-electron chi connectivity index (χ4n) is 1.95. The smallest absolute Gasteiger partial charge is 0.0633 e. The van der Waals surface area contributed by atoms with Crippen molar-refractivity contribution in [3.8, 4) is 0 Å². The Labute approximate surface area is 106 Å². The normalized spacial score (nSPS) is 25.0. The van der Waals surface area contributed by atoms with E-state index in [9.17, 15) is 0 Å². The molecule has 2 rings (SSSR count). The minimum Gasteiger partial charge on any atom is -0.117 e. The van der Waals surface area contributed by atoms with E-state index in [1.54, 1.807) is 6.07 Å². The Kier molecular flexibility index (Phi) is 2.96. The lowest BCUT2D eigenvalue weighted by molar-refractivity contribution is 0.548. The molecule has 0 spiro atoms. The van der Waals surface area contributed by atoms with Crippen LogP contribution in [0.4, 0.5) is 0 Å². The van der Waals surface area contributed by atoms with E-state index in [-0.39, 0.29) is 5.38 Å². The molecule has 1 fully saturated rings. The monoisotopic (exact) mass is 262 g/mol. The molecule has 1 saturated carbocycles. The first kappa shape index (κ1) is 11.6. The summed E-state index contributed by atoms with van der Waals surface area (Å²) in [5.41, 5.74) is 1.30. The van der Waals surface area contributed by atoms with Gasteiger partial charge in [-0.25, -0.2) is 0 Å². The Morgan fingerprint density at radius 1 is 1.33 bits per heavy atom. The van der Waals surface area contributed by atoms with Crippen molar-refractivity contribution in [2.75, 3.05) is 0 Å². The van der Waals surface area contributed by atoms with Crippen LogP contribution in [0.25, 0.3) is 0 Å². The van der Waals surface area contributed by atoms with Crippen LogP contribution in [0.15, 0.2) is 18.2 Å². The number of rotatable bonds is 2. The molecule has 0 bridgehead atoms. The standard InChI is InChI=1S/C12H13Cl3/c1-12(2)6-9(12)11(15)8-5-7(13)3-4-10(8)14/h3-5,9,11H,6H2,1-2H3. The van der Waals surface area contributed by atoms with Crippen molar-refractivity contribution < 1.29 is 0 Å². The molecule has 1 aromatic carbocycles. The molecule has 82 valence electrons. The van der Waals surface area contributed by atoms with Crippen molar-refractivity contribution in [1.29, 1.82) is 0 Å². The zero-order valence-electron chi connectivity index (χ0n) is 8.73. The first-order valence-electron chi connectivity index (χ1n) is 5.01. The molecule has 1 aliphatic rings. The summed E-state index contributed by atoms with van der Waals surface area (Å²) in [6.45, 7) is 4.46. The molecule has 1 aromatic rings. The fraction of sp³-hybridized carbons (Fsp3) is 0.500. The van der Waals surface area contributed by atoms with Crippen LogP contribution < -0.4 is 0 Å². The van der Waals surface area contributed by atoms with Gasteiger partial charge in [0, 0.05) is 10.0 Å². The van der Waals surface area contributed by atoms with Gasteiger partial charge < -0.3 is 0 Å². The van der Waals surface area contributed by atoms with Gasteiger partial charge in [0.15, 0.2) is 0 Å². The van der Waals surface area contributed by atoms with Gasteiger partial charge in [0.25, 0.3) is 0 Å². The van der Waals surface area contributed by atoms with Crippen molar-refractivity contribution in [3.63, 3.8) is 0 Å². The van der Waals surface area contributed by atoms with Crippen molar-refractivity contribution >= 4 is 34.8 Å². The van der Waals surface area contributed by atoms with Crippen molar-refractivity contribution in [1.82, 2.24) is 0 Å². The lowest BCUT2D eigenvalue weighted by Crippen LogP contribution is -2.00. The van der Waals surface area contributed by atoms with E-state index >= 15 is 0 Å². The average Bonchev–Trinajstić information content (AvgIpc) is 2.78. The lowest BCUT2D eigenvalue weighted by Gasteiger charge is -2.13. The number of alkyl halides is 1. The second kappa shape index (κ2) is 3.84. The molecule has 1 aliphatic carbocycles.